The first-order chi connectivity index (χ1) is 7.98. The number of nitrogens with one attached hydrogen (secondary N) is 2. The summed E-state index contributed by atoms with van der Waals surface area (Å²) in [5.41, 5.74) is 0.0371. The summed E-state index contributed by atoms with van der Waals surface area (Å²) in [5, 5.41) is 6.35. The van der Waals surface area contributed by atoms with E-state index in [1.165, 1.54) is 12.1 Å². The van der Waals surface area contributed by atoms with Gasteiger partial charge in [0, 0.05) is 30.1 Å². The van der Waals surface area contributed by atoms with E-state index in [9.17, 15) is 13.2 Å². The fraction of sp³-hybridized carbons (Fsp3) is 0.455. The Kier molecular flexibility index (Phi) is 5.46. The van der Waals surface area contributed by atoms with E-state index in [2.05, 4.69) is 26.6 Å². The SMILES string of the molecule is Cl.FC(F)(F)c1ccc(Br)c([C@@H]2CNCCN2)c1. The van der Waals surface area contributed by atoms with Gasteiger partial charge in [0.1, 0.15) is 0 Å². The van der Waals surface area contributed by atoms with E-state index in [0.717, 1.165) is 19.2 Å². The maximum absolute atomic E-state index is 12.6. The van der Waals surface area contributed by atoms with E-state index >= 15 is 0 Å². The second-order valence-electron chi connectivity index (χ2n) is 3.94. The fourth-order valence-electron chi connectivity index (χ4n) is 1.86. The van der Waals surface area contributed by atoms with E-state index < -0.39 is 11.7 Å². The minimum atomic E-state index is -4.29. The van der Waals surface area contributed by atoms with Crippen LogP contribution in [0.4, 0.5) is 13.2 Å². The van der Waals surface area contributed by atoms with Crippen molar-refractivity contribution in [3.63, 3.8) is 0 Å². The molecule has 0 saturated carbocycles. The molecule has 0 spiro atoms. The Bertz CT molecular complexity index is 406. The molecular formula is C11H13BrClF3N2. The van der Waals surface area contributed by atoms with Crippen molar-refractivity contribution in [2.45, 2.75) is 12.2 Å². The van der Waals surface area contributed by atoms with Crippen molar-refractivity contribution in [1.82, 2.24) is 10.6 Å². The van der Waals surface area contributed by atoms with E-state index in [-0.39, 0.29) is 18.4 Å². The first-order valence-corrected chi connectivity index (χ1v) is 6.08. The van der Waals surface area contributed by atoms with Crippen molar-refractivity contribution >= 4 is 28.3 Å². The zero-order valence-corrected chi connectivity index (χ0v) is 11.8. The zero-order chi connectivity index (χ0) is 12.5. The highest BCUT2D eigenvalue weighted by molar-refractivity contribution is 9.10. The van der Waals surface area contributed by atoms with Gasteiger partial charge in [0.2, 0.25) is 0 Å². The monoisotopic (exact) mass is 344 g/mol. The van der Waals surface area contributed by atoms with Crippen molar-refractivity contribution in [3.8, 4) is 0 Å². The molecule has 0 aliphatic carbocycles. The summed E-state index contributed by atoms with van der Waals surface area (Å²) in [5.74, 6) is 0. The minimum Gasteiger partial charge on any atom is -0.314 e. The molecule has 0 unspecified atom stereocenters. The summed E-state index contributed by atoms with van der Waals surface area (Å²) < 4.78 is 38.5. The summed E-state index contributed by atoms with van der Waals surface area (Å²) in [6.07, 6.45) is -4.29. The fourth-order valence-corrected chi connectivity index (χ4v) is 2.38. The first-order valence-electron chi connectivity index (χ1n) is 5.29. The number of rotatable bonds is 1. The summed E-state index contributed by atoms with van der Waals surface area (Å²) in [6.45, 7) is 2.24. The number of alkyl halides is 3. The Hall–Kier alpha value is -0.300. The van der Waals surface area contributed by atoms with Crippen molar-refractivity contribution in [1.29, 1.82) is 0 Å². The van der Waals surface area contributed by atoms with Gasteiger partial charge < -0.3 is 10.6 Å². The average Bonchev–Trinajstić information content (AvgIpc) is 2.29. The molecule has 1 atom stereocenters. The van der Waals surface area contributed by atoms with Gasteiger partial charge in [-0.25, -0.2) is 0 Å². The van der Waals surface area contributed by atoms with Crippen molar-refractivity contribution in [2.24, 2.45) is 0 Å². The molecule has 1 aliphatic heterocycles. The number of benzene rings is 1. The number of hydrogen-bond acceptors (Lipinski definition) is 2. The molecule has 0 aromatic heterocycles. The summed E-state index contributed by atoms with van der Waals surface area (Å²) in [7, 11) is 0. The van der Waals surface area contributed by atoms with Crippen LogP contribution in [0.5, 0.6) is 0 Å². The van der Waals surface area contributed by atoms with Gasteiger partial charge in [-0.2, -0.15) is 13.2 Å². The molecule has 0 amide bonds. The molecule has 1 fully saturated rings. The molecule has 2 nitrogen and oxygen atoms in total. The lowest BCUT2D eigenvalue weighted by molar-refractivity contribution is -0.137. The standard InChI is InChI=1S/C11H12BrF3N2.ClH/c12-9-2-1-7(11(13,14)15)5-8(9)10-6-16-3-4-17-10;/h1-2,5,10,16-17H,3-4,6H2;1H/t10-;/m0./s1. The van der Waals surface area contributed by atoms with Gasteiger partial charge in [0.05, 0.1) is 5.56 Å². The van der Waals surface area contributed by atoms with E-state index in [0.29, 0.717) is 16.6 Å². The molecule has 0 radical (unpaired) electrons. The second kappa shape index (κ2) is 6.23. The highest BCUT2D eigenvalue weighted by Gasteiger charge is 2.31. The van der Waals surface area contributed by atoms with Crippen LogP contribution in [0.25, 0.3) is 0 Å². The number of piperazine rings is 1. The van der Waals surface area contributed by atoms with E-state index in [1.54, 1.807) is 0 Å². The Morgan fingerprint density at radius 1 is 1.22 bits per heavy atom. The predicted molar refractivity (Wildman–Crippen MR) is 70.0 cm³/mol. The van der Waals surface area contributed by atoms with Crippen LogP contribution in [0, 0.1) is 0 Å². The van der Waals surface area contributed by atoms with Gasteiger partial charge in [0.25, 0.3) is 0 Å². The maximum Gasteiger partial charge on any atom is 0.416 e. The first kappa shape index (κ1) is 15.8. The van der Waals surface area contributed by atoms with Crippen LogP contribution in [-0.4, -0.2) is 19.6 Å². The molecule has 1 aromatic carbocycles. The molecule has 2 rings (SSSR count). The van der Waals surface area contributed by atoms with Crippen LogP contribution in [0.3, 0.4) is 0 Å². The van der Waals surface area contributed by atoms with E-state index in [4.69, 9.17) is 0 Å². The zero-order valence-electron chi connectivity index (χ0n) is 9.35. The molecule has 1 heterocycles. The van der Waals surface area contributed by atoms with Crippen molar-refractivity contribution < 1.29 is 13.2 Å². The predicted octanol–water partition coefficient (Wildman–Crippen LogP) is 3.12. The highest BCUT2D eigenvalue weighted by Crippen LogP contribution is 2.34. The molecule has 1 aromatic rings. The second-order valence-corrected chi connectivity index (χ2v) is 4.80. The van der Waals surface area contributed by atoms with Gasteiger partial charge in [-0.1, -0.05) is 15.9 Å². The summed E-state index contributed by atoms with van der Waals surface area (Å²) in [4.78, 5) is 0. The molecule has 2 N–H and O–H groups in total. The topological polar surface area (TPSA) is 24.1 Å². The van der Waals surface area contributed by atoms with Crippen molar-refractivity contribution in [2.75, 3.05) is 19.6 Å². The Morgan fingerprint density at radius 2 is 1.94 bits per heavy atom. The summed E-state index contributed by atoms with van der Waals surface area (Å²) in [6, 6.07) is 3.66. The van der Waals surface area contributed by atoms with Crippen LogP contribution in [0.15, 0.2) is 22.7 Å². The lowest BCUT2D eigenvalue weighted by atomic mass is 10.0. The lowest BCUT2D eigenvalue weighted by Crippen LogP contribution is -2.42. The molecule has 18 heavy (non-hydrogen) atoms. The summed E-state index contributed by atoms with van der Waals surface area (Å²) >= 11 is 3.30. The molecule has 102 valence electrons. The van der Waals surface area contributed by atoms with Crippen molar-refractivity contribution in [3.05, 3.63) is 33.8 Å². The normalized spacial score (nSPS) is 20.3. The number of halogens is 5. The third-order valence-electron chi connectivity index (χ3n) is 2.74. The van der Waals surface area contributed by atoms with Crippen LogP contribution >= 0.6 is 28.3 Å². The van der Waals surface area contributed by atoms with Crippen LogP contribution in [0.2, 0.25) is 0 Å². The quantitative estimate of drug-likeness (QED) is 0.817. The maximum atomic E-state index is 12.6. The largest absolute Gasteiger partial charge is 0.416 e. The highest BCUT2D eigenvalue weighted by atomic mass is 79.9. The Labute approximate surface area is 118 Å². The van der Waals surface area contributed by atoms with Gasteiger partial charge >= 0.3 is 6.18 Å². The number of hydrogen-bond donors (Lipinski definition) is 2. The van der Waals surface area contributed by atoms with Gasteiger partial charge in [-0.05, 0) is 23.8 Å². The Balaban J connectivity index is 0.00000162. The lowest BCUT2D eigenvalue weighted by Gasteiger charge is -2.26. The third-order valence-corrected chi connectivity index (χ3v) is 3.46. The van der Waals surface area contributed by atoms with Gasteiger partial charge in [-0.3, -0.25) is 0 Å². The van der Waals surface area contributed by atoms with Crippen LogP contribution < -0.4 is 10.6 Å². The minimum absolute atomic E-state index is 0. The van der Waals surface area contributed by atoms with Gasteiger partial charge in [0.15, 0.2) is 0 Å². The van der Waals surface area contributed by atoms with Crippen LogP contribution in [0.1, 0.15) is 17.2 Å². The molecule has 7 heteroatoms. The Morgan fingerprint density at radius 3 is 2.50 bits per heavy atom. The van der Waals surface area contributed by atoms with Crippen LogP contribution in [-0.2, 0) is 6.18 Å². The third kappa shape index (κ3) is 3.60. The van der Waals surface area contributed by atoms with Gasteiger partial charge in [-0.15, -0.1) is 12.4 Å². The van der Waals surface area contributed by atoms with E-state index in [1.807, 2.05) is 0 Å². The molecule has 1 saturated heterocycles. The molecule has 1 aliphatic rings. The molecular weight excluding hydrogens is 332 g/mol. The average molecular weight is 346 g/mol. The molecule has 0 bridgehead atoms. The smallest absolute Gasteiger partial charge is 0.314 e.